The second-order valence-electron chi connectivity index (χ2n) is 8.29. The van der Waals surface area contributed by atoms with Crippen molar-refractivity contribution in [1.29, 1.82) is 0 Å². The van der Waals surface area contributed by atoms with Crippen molar-refractivity contribution in [1.82, 2.24) is 0 Å². The number of fused-ring (bicyclic) bond motifs is 3. The molecule has 2 aliphatic heterocycles. The van der Waals surface area contributed by atoms with E-state index in [4.69, 9.17) is 11.6 Å². The molecule has 6 rings (SSSR count). The fourth-order valence-corrected chi connectivity index (χ4v) is 8.78. The van der Waals surface area contributed by atoms with E-state index in [2.05, 4.69) is 65.6 Å². The molecule has 0 amide bonds. The molecule has 4 aromatic rings. The number of carbonyl (C=O) groups is 1. The van der Waals surface area contributed by atoms with Crippen molar-refractivity contribution < 1.29 is 4.79 Å². The van der Waals surface area contributed by atoms with E-state index in [1.54, 1.807) is 0 Å². The third kappa shape index (κ3) is 4.44. The zero-order chi connectivity index (χ0) is 24.5. The standard InChI is InChI=1S/C31H20ClNOSe2/c32-23-18-16-21-17-19-26-31(36-25-14-8-3-9-15-25)29(34)28(33(26)27(21)20-23)30(22-10-4-1-5-11-22)35-24-12-6-2-7-13-24/h1-20H/b30-28+. The third-order valence-corrected chi connectivity index (χ3v) is 10.9. The molecule has 2 aliphatic rings. The summed E-state index contributed by atoms with van der Waals surface area (Å²) in [6, 6.07) is 37.0. The number of ketones is 1. The number of nitrogens with zero attached hydrogens (tertiary/aromatic N) is 1. The van der Waals surface area contributed by atoms with Crippen LogP contribution in [-0.4, -0.2) is 35.7 Å². The van der Waals surface area contributed by atoms with Gasteiger partial charge in [0, 0.05) is 0 Å². The molecular formula is C31H20ClNOSe2. The van der Waals surface area contributed by atoms with Crippen molar-refractivity contribution in [2.45, 2.75) is 0 Å². The molecule has 2 heterocycles. The zero-order valence-corrected chi connectivity index (χ0v) is 23.3. The number of halogens is 1. The van der Waals surface area contributed by atoms with Gasteiger partial charge in [-0.1, -0.05) is 0 Å². The van der Waals surface area contributed by atoms with Crippen molar-refractivity contribution in [3.63, 3.8) is 0 Å². The molecule has 0 aliphatic carbocycles. The van der Waals surface area contributed by atoms with Crippen LogP contribution >= 0.6 is 11.6 Å². The molecule has 0 N–H and O–H groups in total. The molecule has 5 heteroatoms. The van der Waals surface area contributed by atoms with Crippen LogP contribution in [0, 0.1) is 0 Å². The summed E-state index contributed by atoms with van der Waals surface area (Å²) in [4.78, 5) is 16.5. The van der Waals surface area contributed by atoms with Gasteiger partial charge in [-0.2, -0.15) is 0 Å². The average molecular weight is 616 g/mol. The molecule has 0 saturated heterocycles. The van der Waals surface area contributed by atoms with E-state index in [-0.39, 0.29) is 35.7 Å². The molecule has 0 aromatic heterocycles. The van der Waals surface area contributed by atoms with Crippen molar-refractivity contribution in [3.05, 3.63) is 147 Å². The molecule has 0 radical (unpaired) electrons. The molecule has 2 nitrogen and oxygen atoms in total. The normalized spacial score (nSPS) is 15.7. The Labute approximate surface area is 228 Å². The van der Waals surface area contributed by atoms with Crippen LogP contribution in [0.3, 0.4) is 0 Å². The predicted octanol–water partition coefficient (Wildman–Crippen LogP) is 5.40. The monoisotopic (exact) mass is 617 g/mol. The Balaban J connectivity index is 1.59. The second-order valence-corrected chi connectivity index (χ2v) is 13.3. The van der Waals surface area contributed by atoms with Crippen LogP contribution < -0.4 is 13.8 Å². The minimum atomic E-state index is -0.129. The van der Waals surface area contributed by atoms with Gasteiger partial charge in [0.1, 0.15) is 0 Å². The van der Waals surface area contributed by atoms with E-state index in [1.807, 2.05) is 60.7 Å². The number of anilines is 1. The van der Waals surface area contributed by atoms with Gasteiger partial charge in [0.05, 0.1) is 0 Å². The molecule has 0 unspecified atom stereocenters. The second kappa shape index (κ2) is 10.1. The van der Waals surface area contributed by atoms with Gasteiger partial charge in [-0.05, 0) is 0 Å². The number of hydrogen-bond donors (Lipinski definition) is 0. The van der Waals surface area contributed by atoms with Crippen LogP contribution in [0.1, 0.15) is 11.1 Å². The first kappa shape index (κ1) is 23.3. The maximum absolute atomic E-state index is 14.4. The number of rotatable bonds is 5. The Morgan fingerprint density at radius 1 is 0.722 bits per heavy atom. The molecule has 174 valence electrons. The first-order chi connectivity index (χ1) is 17.7. The van der Waals surface area contributed by atoms with E-state index in [0.717, 1.165) is 37.2 Å². The van der Waals surface area contributed by atoms with Crippen LogP contribution in [0.4, 0.5) is 5.69 Å². The zero-order valence-electron chi connectivity index (χ0n) is 19.1. The van der Waals surface area contributed by atoms with E-state index in [0.29, 0.717) is 5.02 Å². The summed E-state index contributed by atoms with van der Waals surface area (Å²) in [5.74, 6) is 0.114. The Morgan fingerprint density at radius 3 is 2.06 bits per heavy atom. The number of hydrogen-bond acceptors (Lipinski definition) is 2. The molecule has 0 fully saturated rings. The summed E-state index contributed by atoms with van der Waals surface area (Å²) in [6.45, 7) is 0. The van der Waals surface area contributed by atoms with Crippen LogP contribution in [-0.2, 0) is 4.79 Å². The fraction of sp³-hybridized carbons (Fsp3) is 0. The Morgan fingerprint density at radius 2 is 1.36 bits per heavy atom. The SMILES string of the molecule is O=C1C([Se]c2ccccc2)=C2C=Cc3ccc(Cl)cc3N2/C1=C(/[Se]c1ccccc1)c1ccccc1. The fourth-order valence-electron chi connectivity index (χ4n) is 4.32. The van der Waals surface area contributed by atoms with Gasteiger partial charge in [-0.25, -0.2) is 0 Å². The molecule has 0 atom stereocenters. The number of benzene rings is 4. The van der Waals surface area contributed by atoms with Crippen LogP contribution in [0.2, 0.25) is 5.02 Å². The van der Waals surface area contributed by atoms with Gasteiger partial charge in [-0.3, -0.25) is 0 Å². The molecule has 0 spiro atoms. The Kier molecular flexibility index (Phi) is 6.54. The topological polar surface area (TPSA) is 20.3 Å². The van der Waals surface area contributed by atoms with E-state index >= 15 is 0 Å². The van der Waals surface area contributed by atoms with E-state index < -0.39 is 0 Å². The maximum atomic E-state index is 14.4. The molecule has 36 heavy (non-hydrogen) atoms. The van der Waals surface area contributed by atoms with Gasteiger partial charge in [0.2, 0.25) is 0 Å². The first-order valence-electron chi connectivity index (χ1n) is 11.5. The van der Waals surface area contributed by atoms with Gasteiger partial charge < -0.3 is 0 Å². The van der Waals surface area contributed by atoms with Gasteiger partial charge in [-0.15, -0.1) is 0 Å². The third-order valence-electron chi connectivity index (χ3n) is 5.95. The molecular weight excluding hydrogens is 596 g/mol. The summed E-state index contributed by atoms with van der Waals surface area (Å²) >= 11 is 6.28. The van der Waals surface area contributed by atoms with Gasteiger partial charge in [0.25, 0.3) is 0 Å². The van der Waals surface area contributed by atoms with E-state index in [1.165, 1.54) is 8.92 Å². The quantitative estimate of drug-likeness (QED) is 0.222. The molecule has 0 saturated carbocycles. The summed E-state index contributed by atoms with van der Waals surface area (Å²) in [7, 11) is 0. The van der Waals surface area contributed by atoms with Gasteiger partial charge in [0.15, 0.2) is 0 Å². The van der Waals surface area contributed by atoms with Crippen LogP contribution in [0.15, 0.2) is 131 Å². The summed E-state index contributed by atoms with van der Waals surface area (Å²) in [5.41, 5.74) is 4.81. The van der Waals surface area contributed by atoms with E-state index in [9.17, 15) is 4.79 Å². The van der Waals surface area contributed by atoms with Crippen molar-refractivity contribution in [2.75, 3.05) is 4.90 Å². The number of carbonyl (C=O) groups excluding carboxylic acids is 1. The summed E-state index contributed by atoms with van der Waals surface area (Å²) in [5, 5.41) is 0.659. The first-order valence-corrected chi connectivity index (χ1v) is 15.3. The average Bonchev–Trinajstić information content (AvgIpc) is 3.20. The number of Topliss-reactive ketones (excluding diaryl/α,β-unsaturated/α-hetero) is 1. The van der Waals surface area contributed by atoms with Crippen LogP contribution in [0.5, 0.6) is 0 Å². The summed E-state index contributed by atoms with van der Waals surface area (Å²) in [6.07, 6.45) is 4.19. The predicted molar refractivity (Wildman–Crippen MR) is 152 cm³/mol. The van der Waals surface area contributed by atoms with Gasteiger partial charge >= 0.3 is 229 Å². The van der Waals surface area contributed by atoms with Crippen molar-refractivity contribution in [2.24, 2.45) is 0 Å². The number of allylic oxidation sites excluding steroid dienone is 2. The Hall–Kier alpha value is -3.10. The molecule has 0 bridgehead atoms. The Bertz CT molecular complexity index is 1540. The summed E-state index contributed by atoms with van der Waals surface area (Å²) < 4.78 is 4.37. The van der Waals surface area contributed by atoms with Crippen molar-refractivity contribution in [3.8, 4) is 0 Å². The van der Waals surface area contributed by atoms with Crippen LogP contribution in [0.25, 0.3) is 10.5 Å². The minimum absolute atomic E-state index is 0.0756. The molecule has 4 aromatic carbocycles. The van der Waals surface area contributed by atoms with Crippen molar-refractivity contribution >= 4 is 72.5 Å².